The van der Waals surface area contributed by atoms with Crippen molar-refractivity contribution in [2.45, 2.75) is 110 Å². The molecule has 2 aromatic heterocycles. The number of carboxylic acids is 1. The number of hydrogen-bond acceptors (Lipinski definition) is 2. The summed E-state index contributed by atoms with van der Waals surface area (Å²) < 4.78 is 4.00. The molecule has 0 saturated heterocycles. The van der Waals surface area contributed by atoms with Crippen LogP contribution in [0.5, 0.6) is 0 Å². The highest BCUT2D eigenvalue weighted by Gasteiger charge is 1.94. The predicted molar refractivity (Wildman–Crippen MR) is 140 cm³/mol. The molecule has 0 radical (unpaired) electrons. The summed E-state index contributed by atoms with van der Waals surface area (Å²) in [6, 6.07) is 12.0. The highest BCUT2D eigenvalue weighted by molar-refractivity contribution is 5.64. The third-order valence-electron chi connectivity index (χ3n) is 5.71. The van der Waals surface area contributed by atoms with Gasteiger partial charge in [0.1, 0.15) is 14.1 Å². The van der Waals surface area contributed by atoms with Gasteiger partial charge >= 0.3 is 0 Å². The minimum atomic E-state index is -0.903. The number of nitrogens with zero attached hydrogens (tertiary/aromatic N) is 2. The second-order valence-electron chi connectivity index (χ2n) is 9.15. The molecule has 0 N–H and O–H groups in total. The lowest BCUT2D eigenvalue weighted by Gasteiger charge is -2.04. The molecule has 0 spiro atoms. The van der Waals surface area contributed by atoms with Crippen molar-refractivity contribution in [3.63, 3.8) is 0 Å². The first-order valence-corrected chi connectivity index (χ1v) is 13.6. The minimum absolute atomic E-state index is 0. The van der Waals surface area contributed by atoms with Gasteiger partial charge in [-0.2, -0.15) is 0 Å². The van der Waals surface area contributed by atoms with E-state index in [9.17, 15) is 9.90 Å². The summed E-state index contributed by atoms with van der Waals surface area (Å²) in [6.07, 6.45) is 27.9. The van der Waals surface area contributed by atoms with Gasteiger partial charge < -0.3 is 22.3 Å². The Morgan fingerprint density at radius 2 is 0.829 bits per heavy atom. The number of hydrogen-bond donors (Lipinski definition) is 0. The SMILES string of the molecule is CCCCCCCCCCCCCCCCCC(=O)[O-].C[n+]1ccccc1.C[n+]1ccccc1.[Cl-]. The van der Waals surface area contributed by atoms with E-state index in [0.29, 0.717) is 0 Å². The fraction of sp³-hybridized carbons (Fsp3) is 0.633. The van der Waals surface area contributed by atoms with Crippen LogP contribution in [0.3, 0.4) is 0 Å². The molecule has 0 aromatic carbocycles. The van der Waals surface area contributed by atoms with Crippen LogP contribution in [0.25, 0.3) is 0 Å². The summed E-state index contributed by atoms with van der Waals surface area (Å²) in [5.41, 5.74) is 0. The van der Waals surface area contributed by atoms with Crippen molar-refractivity contribution >= 4 is 5.97 Å². The molecule has 0 fully saturated rings. The fourth-order valence-corrected chi connectivity index (χ4v) is 3.61. The highest BCUT2D eigenvalue weighted by atomic mass is 35.5. The first kappa shape index (κ1) is 35.2. The Hall–Kier alpha value is -1.94. The fourth-order valence-electron chi connectivity index (χ4n) is 3.61. The van der Waals surface area contributed by atoms with Gasteiger partial charge in [0.2, 0.25) is 0 Å². The van der Waals surface area contributed by atoms with E-state index in [-0.39, 0.29) is 18.8 Å². The molecule has 0 amide bonds. The predicted octanol–water partition coefficient (Wildman–Crippen LogP) is 3.02. The number of unbranched alkanes of at least 4 members (excludes halogenated alkanes) is 14. The standard InChI is InChI=1S/C18H36O2.2C6H8N.ClH/c1-2-3-4-5-6-7-8-9-10-11-12-13-14-15-16-17-18(19)20;2*1-7-5-3-2-4-6-7;/h2-17H2,1H3,(H,19,20);2*2-6H,1H3;1H/q;2*+1;/p-2. The smallest absolute Gasteiger partial charge is 0.168 e. The van der Waals surface area contributed by atoms with Gasteiger partial charge in [-0.25, -0.2) is 9.13 Å². The average molecular weight is 507 g/mol. The van der Waals surface area contributed by atoms with Crippen LogP contribution in [-0.4, -0.2) is 5.97 Å². The maximum absolute atomic E-state index is 10.2. The van der Waals surface area contributed by atoms with Crippen LogP contribution in [0.2, 0.25) is 0 Å². The van der Waals surface area contributed by atoms with Crippen molar-refractivity contribution in [2.24, 2.45) is 14.1 Å². The number of carbonyl (C=O) groups excluding carboxylic acids is 1. The number of aryl methyl sites for hydroxylation is 2. The van der Waals surface area contributed by atoms with Crippen LogP contribution in [0.4, 0.5) is 0 Å². The second kappa shape index (κ2) is 28.3. The molecule has 200 valence electrons. The van der Waals surface area contributed by atoms with E-state index in [1.54, 1.807) is 0 Å². The summed E-state index contributed by atoms with van der Waals surface area (Å²) >= 11 is 0. The molecule has 2 rings (SSSR count). The number of carbonyl (C=O) groups is 1. The van der Waals surface area contributed by atoms with E-state index in [0.717, 1.165) is 12.8 Å². The summed E-state index contributed by atoms with van der Waals surface area (Å²) in [7, 11) is 4.00. The first-order valence-electron chi connectivity index (χ1n) is 13.6. The highest BCUT2D eigenvalue weighted by Crippen LogP contribution is 2.13. The molecule has 2 heterocycles. The molecule has 0 saturated carbocycles. The average Bonchev–Trinajstić information content (AvgIpc) is 2.83. The van der Waals surface area contributed by atoms with Crippen molar-refractivity contribution in [1.29, 1.82) is 0 Å². The molecule has 0 aliphatic heterocycles. The second-order valence-corrected chi connectivity index (χ2v) is 9.15. The molecular formula is C30H51ClN2O2. The quantitative estimate of drug-likeness (QED) is 0.259. The number of pyridine rings is 2. The Kier molecular flexibility index (Phi) is 28.5. The lowest BCUT2D eigenvalue weighted by atomic mass is 10.0. The Bertz CT molecular complexity index is 631. The molecule has 0 bridgehead atoms. The van der Waals surface area contributed by atoms with E-state index in [2.05, 4.69) is 6.92 Å². The van der Waals surface area contributed by atoms with E-state index in [1.807, 2.05) is 84.4 Å². The Morgan fingerprint density at radius 1 is 0.543 bits per heavy atom. The van der Waals surface area contributed by atoms with Gasteiger partial charge in [0.15, 0.2) is 24.8 Å². The van der Waals surface area contributed by atoms with E-state index < -0.39 is 5.97 Å². The third-order valence-corrected chi connectivity index (χ3v) is 5.71. The lowest BCUT2D eigenvalue weighted by Crippen LogP contribution is -3.00. The zero-order chi connectivity index (χ0) is 25.1. The van der Waals surface area contributed by atoms with Crippen LogP contribution in [0.15, 0.2) is 61.2 Å². The van der Waals surface area contributed by atoms with Gasteiger partial charge in [0, 0.05) is 30.2 Å². The summed E-state index contributed by atoms with van der Waals surface area (Å²) in [6.45, 7) is 2.27. The van der Waals surface area contributed by atoms with Gasteiger partial charge in [-0.05, 0) is 12.8 Å². The molecule has 2 aromatic rings. The Morgan fingerprint density at radius 3 is 1.06 bits per heavy atom. The van der Waals surface area contributed by atoms with Crippen LogP contribution in [-0.2, 0) is 18.9 Å². The van der Waals surface area contributed by atoms with Crippen molar-refractivity contribution in [3.05, 3.63) is 61.2 Å². The van der Waals surface area contributed by atoms with Crippen molar-refractivity contribution in [2.75, 3.05) is 0 Å². The molecule has 0 aliphatic carbocycles. The zero-order valence-corrected chi connectivity index (χ0v) is 23.4. The molecule has 0 atom stereocenters. The third kappa shape index (κ3) is 30.0. The monoisotopic (exact) mass is 506 g/mol. The van der Waals surface area contributed by atoms with Crippen molar-refractivity contribution in [3.8, 4) is 0 Å². The van der Waals surface area contributed by atoms with Gasteiger partial charge in [-0.15, -0.1) is 0 Å². The van der Waals surface area contributed by atoms with E-state index in [4.69, 9.17) is 0 Å². The lowest BCUT2D eigenvalue weighted by molar-refractivity contribution is -0.671. The molecule has 0 aliphatic rings. The van der Waals surface area contributed by atoms with Crippen molar-refractivity contribution in [1.82, 2.24) is 0 Å². The maximum atomic E-state index is 10.2. The maximum Gasteiger partial charge on any atom is 0.168 e. The number of halogens is 1. The van der Waals surface area contributed by atoms with Gasteiger partial charge in [-0.3, -0.25) is 0 Å². The molecular weight excluding hydrogens is 456 g/mol. The summed E-state index contributed by atoms with van der Waals surface area (Å²) in [4.78, 5) is 10.2. The topological polar surface area (TPSA) is 47.9 Å². The summed E-state index contributed by atoms with van der Waals surface area (Å²) in [5, 5.41) is 10.2. The Labute approximate surface area is 222 Å². The van der Waals surface area contributed by atoms with Crippen molar-refractivity contribution < 1.29 is 31.4 Å². The van der Waals surface area contributed by atoms with E-state index in [1.165, 1.54) is 83.5 Å². The zero-order valence-electron chi connectivity index (χ0n) is 22.7. The summed E-state index contributed by atoms with van der Waals surface area (Å²) in [5.74, 6) is -0.903. The number of rotatable bonds is 16. The van der Waals surface area contributed by atoms with Gasteiger partial charge in [0.05, 0.1) is 0 Å². The normalized spacial score (nSPS) is 9.69. The number of aliphatic carboxylic acids is 1. The van der Waals surface area contributed by atoms with Crippen LogP contribution in [0.1, 0.15) is 110 Å². The first-order chi connectivity index (χ1) is 16.6. The minimum Gasteiger partial charge on any atom is -1.00 e. The van der Waals surface area contributed by atoms with E-state index >= 15 is 0 Å². The molecule has 5 heteroatoms. The van der Waals surface area contributed by atoms with Gasteiger partial charge in [-0.1, -0.05) is 109 Å². The Balaban J connectivity index is 0. The number of aromatic nitrogens is 2. The van der Waals surface area contributed by atoms with Gasteiger partial charge in [0.25, 0.3) is 0 Å². The molecule has 4 nitrogen and oxygen atoms in total. The molecule has 35 heavy (non-hydrogen) atoms. The molecule has 0 unspecified atom stereocenters. The van der Waals surface area contributed by atoms with Crippen LogP contribution < -0.4 is 26.6 Å². The van der Waals surface area contributed by atoms with Crippen LogP contribution >= 0.6 is 0 Å². The largest absolute Gasteiger partial charge is 1.00 e. The number of carboxylic acid groups (broad SMARTS) is 1. The van der Waals surface area contributed by atoms with Crippen LogP contribution in [0, 0.1) is 0 Å².